The molecule has 0 aliphatic carbocycles. The van der Waals surface area contributed by atoms with Gasteiger partial charge in [-0.3, -0.25) is 9.40 Å². The Morgan fingerprint density at radius 2 is 1.89 bits per heavy atom. The number of hydrogen-bond donors (Lipinski definition) is 1. The number of nitrogens with zero attached hydrogens (tertiary/aromatic N) is 2. The van der Waals surface area contributed by atoms with Gasteiger partial charge in [-0.15, -0.1) is 0 Å². The van der Waals surface area contributed by atoms with Crippen molar-refractivity contribution in [3.05, 3.63) is 76.8 Å². The first-order valence-electron chi connectivity index (χ1n) is 8.81. The summed E-state index contributed by atoms with van der Waals surface area (Å²) in [6.45, 7) is 4.31. The lowest BCUT2D eigenvalue weighted by atomic mass is 10.0. The molecule has 1 aromatic heterocycles. The normalized spacial score (nSPS) is 11.8. The summed E-state index contributed by atoms with van der Waals surface area (Å²) in [6.07, 6.45) is 3.76. The lowest BCUT2D eigenvalue weighted by Crippen LogP contribution is -2.12. The van der Waals surface area contributed by atoms with Crippen LogP contribution in [0.2, 0.25) is 5.02 Å². The lowest BCUT2D eigenvalue weighted by Gasteiger charge is -2.08. The summed E-state index contributed by atoms with van der Waals surface area (Å²) in [4.78, 5) is 0.171. The minimum Gasteiger partial charge on any atom is -0.276 e. The van der Waals surface area contributed by atoms with E-state index >= 15 is 0 Å². The molecule has 0 aliphatic heterocycles. The molecular formula is C20H21ClFN3O2S. The van der Waals surface area contributed by atoms with Gasteiger partial charge in [0.1, 0.15) is 5.82 Å². The van der Waals surface area contributed by atoms with Gasteiger partial charge < -0.3 is 0 Å². The summed E-state index contributed by atoms with van der Waals surface area (Å²) in [5, 5.41) is 4.37. The maximum absolute atomic E-state index is 13.9. The fourth-order valence-electron chi connectivity index (χ4n) is 2.84. The number of hydrogen-bond acceptors (Lipinski definition) is 3. The first kappa shape index (κ1) is 20.4. The van der Waals surface area contributed by atoms with E-state index in [4.69, 9.17) is 11.6 Å². The molecule has 0 bridgehead atoms. The third kappa shape index (κ3) is 4.91. The SMILES string of the molecule is CC(C)Cc1ccc(S(=O)(=O)Nc2cnn(Cc3c(F)cccc3Cl)c2)cc1. The predicted octanol–water partition coefficient (Wildman–Crippen LogP) is 4.72. The highest BCUT2D eigenvalue weighted by atomic mass is 35.5. The maximum atomic E-state index is 13.9. The number of rotatable bonds is 7. The van der Waals surface area contributed by atoms with Crippen LogP contribution >= 0.6 is 11.6 Å². The van der Waals surface area contributed by atoms with Gasteiger partial charge in [0.05, 0.1) is 23.3 Å². The molecule has 0 radical (unpaired) electrons. The topological polar surface area (TPSA) is 64.0 Å². The van der Waals surface area contributed by atoms with Gasteiger partial charge in [0.2, 0.25) is 0 Å². The standard InChI is InChI=1S/C20H21ClFN3O2S/c1-14(2)10-15-6-8-17(9-7-15)28(26,27)24-16-11-23-25(12-16)13-18-19(21)4-3-5-20(18)22/h3-9,11-12,14,24H,10,13H2,1-2H3. The molecule has 0 saturated carbocycles. The van der Waals surface area contributed by atoms with Gasteiger partial charge in [0.15, 0.2) is 0 Å². The van der Waals surface area contributed by atoms with Crippen LogP contribution in [0.5, 0.6) is 0 Å². The van der Waals surface area contributed by atoms with Crippen LogP contribution in [0.15, 0.2) is 59.8 Å². The van der Waals surface area contributed by atoms with Gasteiger partial charge >= 0.3 is 0 Å². The van der Waals surface area contributed by atoms with Gasteiger partial charge in [0, 0.05) is 16.8 Å². The summed E-state index contributed by atoms with van der Waals surface area (Å²) in [6, 6.07) is 11.2. The van der Waals surface area contributed by atoms with Crippen LogP contribution in [-0.4, -0.2) is 18.2 Å². The predicted molar refractivity (Wildman–Crippen MR) is 109 cm³/mol. The first-order chi connectivity index (χ1) is 13.2. The van der Waals surface area contributed by atoms with Crippen LogP contribution in [0.3, 0.4) is 0 Å². The van der Waals surface area contributed by atoms with Crippen molar-refractivity contribution in [3.8, 4) is 0 Å². The van der Waals surface area contributed by atoms with E-state index in [1.165, 1.54) is 29.2 Å². The number of nitrogens with one attached hydrogen (secondary N) is 1. The van der Waals surface area contributed by atoms with Crippen LogP contribution in [0.4, 0.5) is 10.1 Å². The fraction of sp³-hybridized carbons (Fsp3) is 0.250. The summed E-state index contributed by atoms with van der Waals surface area (Å²) in [5.74, 6) is 0.0565. The molecule has 0 atom stereocenters. The van der Waals surface area contributed by atoms with Crippen LogP contribution in [0, 0.1) is 11.7 Å². The molecule has 8 heteroatoms. The lowest BCUT2D eigenvalue weighted by molar-refractivity contribution is 0.585. The number of benzene rings is 2. The van der Waals surface area contributed by atoms with E-state index in [2.05, 4.69) is 23.7 Å². The Morgan fingerprint density at radius 1 is 1.18 bits per heavy atom. The molecule has 148 valence electrons. The fourth-order valence-corrected chi connectivity index (χ4v) is 4.09. The molecule has 0 spiro atoms. The molecule has 1 heterocycles. The highest BCUT2D eigenvalue weighted by Gasteiger charge is 2.16. The number of aromatic nitrogens is 2. The molecule has 0 fully saturated rings. The van der Waals surface area contributed by atoms with Crippen LogP contribution in [0.1, 0.15) is 25.0 Å². The van der Waals surface area contributed by atoms with Gasteiger partial charge in [-0.1, -0.05) is 43.6 Å². The highest BCUT2D eigenvalue weighted by molar-refractivity contribution is 7.92. The third-order valence-corrected chi connectivity index (χ3v) is 5.90. The van der Waals surface area contributed by atoms with Crippen molar-refractivity contribution in [1.29, 1.82) is 0 Å². The van der Waals surface area contributed by atoms with Crippen molar-refractivity contribution in [2.24, 2.45) is 5.92 Å². The van der Waals surface area contributed by atoms with Crippen molar-refractivity contribution in [1.82, 2.24) is 9.78 Å². The zero-order chi connectivity index (χ0) is 20.3. The van der Waals surface area contributed by atoms with Gasteiger partial charge in [-0.25, -0.2) is 12.8 Å². The van der Waals surface area contributed by atoms with Gasteiger partial charge in [0.25, 0.3) is 10.0 Å². The summed E-state index contributed by atoms with van der Waals surface area (Å²) < 4.78 is 43.0. The van der Waals surface area contributed by atoms with Crippen molar-refractivity contribution >= 4 is 27.3 Å². The Hall–Kier alpha value is -2.38. The number of anilines is 1. The quantitative estimate of drug-likeness (QED) is 0.600. The minimum atomic E-state index is -3.74. The van der Waals surface area contributed by atoms with Crippen molar-refractivity contribution < 1.29 is 12.8 Å². The van der Waals surface area contributed by atoms with E-state index in [1.54, 1.807) is 18.2 Å². The van der Waals surface area contributed by atoms with Crippen molar-refractivity contribution in [2.75, 3.05) is 4.72 Å². The van der Waals surface area contributed by atoms with E-state index in [0.717, 1.165) is 12.0 Å². The summed E-state index contributed by atoms with van der Waals surface area (Å²) >= 11 is 6.02. The smallest absolute Gasteiger partial charge is 0.261 e. The summed E-state index contributed by atoms with van der Waals surface area (Å²) in [7, 11) is -3.74. The van der Waals surface area contributed by atoms with Gasteiger partial charge in [-0.2, -0.15) is 5.10 Å². The molecule has 1 N–H and O–H groups in total. The zero-order valence-corrected chi connectivity index (χ0v) is 17.1. The van der Waals surface area contributed by atoms with E-state index in [9.17, 15) is 12.8 Å². The molecule has 5 nitrogen and oxygen atoms in total. The molecule has 0 aliphatic rings. The molecule has 0 unspecified atom stereocenters. The van der Waals surface area contributed by atoms with Crippen molar-refractivity contribution in [3.63, 3.8) is 0 Å². The average Bonchev–Trinajstić information content (AvgIpc) is 3.04. The molecule has 3 rings (SSSR count). The number of halogens is 2. The van der Waals surface area contributed by atoms with E-state index in [1.807, 2.05) is 12.1 Å². The number of sulfonamides is 1. The summed E-state index contributed by atoms with van der Waals surface area (Å²) in [5.41, 5.74) is 1.67. The first-order valence-corrected chi connectivity index (χ1v) is 10.7. The molecule has 2 aromatic carbocycles. The third-order valence-electron chi connectivity index (χ3n) is 4.14. The second-order valence-corrected chi connectivity index (χ2v) is 9.06. The Bertz CT molecular complexity index is 1040. The second kappa shape index (κ2) is 8.32. The van der Waals surface area contributed by atoms with Gasteiger partial charge in [-0.05, 0) is 42.2 Å². The molecule has 0 saturated heterocycles. The van der Waals surface area contributed by atoms with E-state index in [0.29, 0.717) is 22.2 Å². The maximum Gasteiger partial charge on any atom is 0.261 e. The molecule has 3 aromatic rings. The Balaban J connectivity index is 1.73. The monoisotopic (exact) mass is 421 g/mol. The van der Waals surface area contributed by atoms with E-state index in [-0.39, 0.29) is 11.4 Å². The van der Waals surface area contributed by atoms with Crippen LogP contribution in [0.25, 0.3) is 0 Å². The molecular weight excluding hydrogens is 401 g/mol. The Labute approximate surface area is 169 Å². The van der Waals surface area contributed by atoms with Crippen LogP contribution in [-0.2, 0) is 23.0 Å². The Kier molecular flexibility index (Phi) is 6.05. The largest absolute Gasteiger partial charge is 0.276 e. The second-order valence-electron chi connectivity index (χ2n) is 6.97. The average molecular weight is 422 g/mol. The van der Waals surface area contributed by atoms with Crippen molar-refractivity contribution in [2.45, 2.75) is 31.7 Å². The van der Waals surface area contributed by atoms with E-state index < -0.39 is 15.8 Å². The molecule has 28 heavy (non-hydrogen) atoms. The Morgan fingerprint density at radius 3 is 2.54 bits per heavy atom. The highest BCUT2D eigenvalue weighted by Crippen LogP contribution is 2.21. The zero-order valence-electron chi connectivity index (χ0n) is 15.6. The van der Waals surface area contributed by atoms with Crippen LogP contribution < -0.4 is 4.72 Å². The minimum absolute atomic E-state index is 0.0944. The molecule has 0 amide bonds.